The molecule has 3 aliphatic rings. The van der Waals surface area contributed by atoms with Crippen LogP contribution in [0.1, 0.15) is 44.9 Å². The highest BCUT2D eigenvalue weighted by Crippen LogP contribution is 2.36. The van der Waals surface area contributed by atoms with Gasteiger partial charge in [0.1, 0.15) is 10.5 Å². The van der Waals surface area contributed by atoms with Gasteiger partial charge in [0.25, 0.3) is 0 Å². The van der Waals surface area contributed by atoms with Crippen molar-refractivity contribution in [2.45, 2.75) is 50.5 Å². The molecule has 10 heteroatoms. The van der Waals surface area contributed by atoms with E-state index in [1.165, 1.54) is 29.2 Å². The minimum atomic E-state index is -0.478. The van der Waals surface area contributed by atoms with Crippen LogP contribution in [0, 0.1) is 17.2 Å². The second kappa shape index (κ2) is 12.1. The van der Waals surface area contributed by atoms with Gasteiger partial charge in [-0.15, -0.1) is 11.3 Å². The van der Waals surface area contributed by atoms with Gasteiger partial charge < -0.3 is 16.0 Å². The summed E-state index contributed by atoms with van der Waals surface area (Å²) in [5.41, 5.74) is 8.43. The van der Waals surface area contributed by atoms with Gasteiger partial charge in [-0.2, -0.15) is 17.0 Å². The van der Waals surface area contributed by atoms with Crippen LogP contribution in [0.5, 0.6) is 0 Å². The Balaban J connectivity index is 0.000000179. The molecule has 1 aromatic carbocycles. The van der Waals surface area contributed by atoms with Crippen molar-refractivity contribution in [2.75, 3.05) is 35.2 Å². The van der Waals surface area contributed by atoms with Crippen molar-refractivity contribution in [3.63, 3.8) is 0 Å². The molecule has 3 N–H and O–H groups in total. The zero-order chi connectivity index (χ0) is 26.4. The Morgan fingerprint density at radius 1 is 1.00 bits per heavy atom. The zero-order valence-corrected chi connectivity index (χ0v) is 23.1. The van der Waals surface area contributed by atoms with E-state index in [9.17, 15) is 4.79 Å². The normalized spacial score (nSPS) is 18.6. The topological polar surface area (TPSA) is 121 Å². The number of nitrogens with zero attached hydrogens (tertiary/aromatic N) is 5. The van der Waals surface area contributed by atoms with Gasteiger partial charge in [0, 0.05) is 60.4 Å². The Kier molecular flexibility index (Phi) is 8.45. The number of nitrogens with one attached hydrogen (secondary N) is 1. The molecule has 3 aromatic rings. The summed E-state index contributed by atoms with van der Waals surface area (Å²) >= 11 is 3.67. The smallest absolute Gasteiger partial charge is 0.224 e. The largest absolute Gasteiger partial charge is 0.370 e. The minimum absolute atomic E-state index is 0.115. The number of anilines is 2. The van der Waals surface area contributed by atoms with Crippen molar-refractivity contribution in [2.24, 2.45) is 5.92 Å². The number of hydrogen-bond acceptors (Lipinski definition) is 9. The van der Waals surface area contributed by atoms with Crippen LogP contribution in [0.2, 0.25) is 0 Å². The number of thioether (sulfide) groups is 1. The molecule has 0 bridgehead atoms. The van der Waals surface area contributed by atoms with Crippen LogP contribution in [0.3, 0.4) is 0 Å². The number of amides is 1. The van der Waals surface area contributed by atoms with Crippen LogP contribution >= 0.6 is 23.1 Å². The molecule has 3 heterocycles. The Morgan fingerprint density at radius 2 is 1.68 bits per heavy atom. The molecule has 0 unspecified atom stereocenters. The van der Waals surface area contributed by atoms with Gasteiger partial charge >= 0.3 is 0 Å². The van der Waals surface area contributed by atoms with Crippen LogP contribution in [0.4, 0.5) is 11.6 Å². The van der Waals surface area contributed by atoms with E-state index >= 15 is 0 Å². The highest BCUT2D eigenvalue weighted by Gasteiger charge is 2.45. The molecule has 0 spiro atoms. The Morgan fingerprint density at radius 3 is 2.32 bits per heavy atom. The maximum Gasteiger partial charge on any atom is 0.224 e. The third-order valence-corrected chi connectivity index (χ3v) is 9.29. The first-order chi connectivity index (χ1) is 18.5. The molecule has 8 nitrogen and oxygen atoms in total. The third kappa shape index (κ3) is 6.63. The summed E-state index contributed by atoms with van der Waals surface area (Å²) in [6.07, 6.45) is 12.6. The number of nitriles is 1. The van der Waals surface area contributed by atoms with Crippen molar-refractivity contribution in [1.29, 1.82) is 5.26 Å². The lowest BCUT2D eigenvalue weighted by Crippen LogP contribution is -2.40. The number of carbonyl (C=O) groups excluding carboxylic acids is 1. The Labute approximate surface area is 232 Å². The van der Waals surface area contributed by atoms with Crippen LogP contribution in [-0.4, -0.2) is 51.0 Å². The molecule has 198 valence electrons. The van der Waals surface area contributed by atoms with E-state index in [1.807, 2.05) is 18.0 Å². The first kappa shape index (κ1) is 26.4. The second-order valence-corrected chi connectivity index (χ2v) is 12.3. The van der Waals surface area contributed by atoms with Crippen molar-refractivity contribution < 1.29 is 4.79 Å². The summed E-state index contributed by atoms with van der Waals surface area (Å²) in [5, 5.41) is 12.6. The van der Waals surface area contributed by atoms with Gasteiger partial charge in [0.2, 0.25) is 11.9 Å². The average molecular weight is 548 g/mol. The third-order valence-electron chi connectivity index (χ3n) is 7.25. The molecule has 1 saturated heterocycles. The van der Waals surface area contributed by atoms with Gasteiger partial charge in [0.05, 0.1) is 10.9 Å². The molecule has 3 fully saturated rings. The van der Waals surface area contributed by atoms with E-state index in [4.69, 9.17) is 11.0 Å². The fourth-order valence-electron chi connectivity index (χ4n) is 4.74. The van der Waals surface area contributed by atoms with Gasteiger partial charge in [-0.05, 0) is 43.4 Å². The molecule has 6 rings (SSSR count). The minimum Gasteiger partial charge on any atom is -0.370 e. The van der Waals surface area contributed by atoms with Crippen molar-refractivity contribution in [3.05, 3.63) is 42.9 Å². The van der Waals surface area contributed by atoms with E-state index < -0.39 is 5.54 Å². The quantitative estimate of drug-likeness (QED) is 0.450. The molecule has 1 amide bonds. The lowest BCUT2D eigenvalue weighted by Gasteiger charge is -2.28. The van der Waals surface area contributed by atoms with Crippen LogP contribution in [0.15, 0.2) is 42.9 Å². The number of rotatable bonds is 5. The average Bonchev–Trinajstić information content (AvgIpc) is 3.58. The molecule has 2 aliphatic carbocycles. The van der Waals surface area contributed by atoms with E-state index in [2.05, 4.69) is 55.5 Å². The molecule has 1 aliphatic heterocycles. The highest BCUT2D eigenvalue weighted by molar-refractivity contribution is 7.99. The summed E-state index contributed by atoms with van der Waals surface area (Å²) in [6, 6.07) is 11.0. The van der Waals surface area contributed by atoms with Gasteiger partial charge in [0.15, 0.2) is 0 Å². The SMILES string of the molecule is N#CC1(NC(=O)C2CCCCC2)CC1.Nc1ncc(-c2ncc(-c3ccc(N4CCSCC4)cc3)s2)cn1. The maximum atomic E-state index is 11.8. The fourth-order valence-corrected chi connectivity index (χ4v) is 6.54. The summed E-state index contributed by atoms with van der Waals surface area (Å²) in [5.74, 6) is 2.99. The van der Waals surface area contributed by atoms with Crippen LogP contribution < -0.4 is 16.0 Å². The molecular formula is C28H33N7OS2. The molecular weight excluding hydrogens is 514 g/mol. The predicted molar refractivity (Wildman–Crippen MR) is 155 cm³/mol. The first-order valence-corrected chi connectivity index (χ1v) is 15.2. The fraction of sp³-hybridized carbons (Fsp3) is 0.464. The van der Waals surface area contributed by atoms with E-state index in [0.717, 1.165) is 67.1 Å². The van der Waals surface area contributed by atoms with Crippen molar-refractivity contribution in [3.8, 4) is 27.1 Å². The zero-order valence-electron chi connectivity index (χ0n) is 21.4. The lowest BCUT2D eigenvalue weighted by molar-refractivity contribution is -0.126. The number of carbonyl (C=O) groups is 1. The molecule has 0 radical (unpaired) electrons. The second-order valence-electron chi connectivity index (χ2n) is 10.0. The highest BCUT2D eigenvalue weighted by atomic mass is 32.2. The number of nitrogens with two attached hydrogens (primary N) is 1. The Bertz CT molecular complexity index is 1250. The predicted octanol–water partition coefficient (Wildman–Crippen LogP) is 5.14. The van der Waals surface area contributed by atoms with E-state index in [1.54, 1.807) is 23.7 Å². The summed E-state index contributed by atoms with van der Waals surface area (Å²) in [4.78, 5) is 27.9. The lowest BCUT2D eigenvalue weighted by atomic mass is 9.88. The monoisotopic (exact) mass is 547 g/mol. The summed E-state index contributed by atoms with van der Waals surface area (Å²) in [6.45, 7) is 2.26. The molecule has 2 aromatic heterocycles. The van der Waals surface area contributed by atoms with Crippen LogP contribution in [-0.2, 0) is 4.79 Å². The standard InChI is InChI=1S/C17H17N5S2.C11H16N2O/c18-17-20-9-13(10-21-17)16-19-11-15(24-16)12-1-3-14(4-2-12)22-5-7-23-8-6-22;12-8-11(6-7-11)13-10(14)9-4-2-1-3-5-9/h1-4,9-11H,5-8H2,(H2,18,20,21);9H,1-7H2,(H,13,14). The van der Waals surface area contributed by atoms with Crippen LogP contribution in [0.25, 0.3) is 21.0 Å². The summed E-state index contributed by atoms with van der Waals surface area (Å²) < 4.78 is 0. The van der Waals surface area contributed by atoms with E-state index in [0.29, 0.717) is 0 Å². The van der Waals surface area contributed by atoms with Gasteiger partial charge in [-0.3, -0.25) is 4.79 Å². The Hall–Kier alpha value is -3.16. The number of nitrogen functional groups attached to an aromatic ring is 1. The summed E-state index contributed by atoms with van der Waals surface area (Å²) in [7, 11) is 0. The first-order valence-electron chi connectivity index (χ1n) is 13.3. The number of aromatic nitrogens is 3. The van der Waals surface area contributed by atoms with E-state index in [-0.39, 0.29) is 17.8 Å². The van der Waals surface area contributed by atoms with Crippen molar-refractivity contribution >= 4 is 40.6 Å². The molecule has 38 heavy (non-hydrogen) atoms. The van der Waals surface area contributed by atoms with Crippen molar-refractivity contribution in [1.82, 2.24) is 20.3 Å². The number of benzene rings is 1. The molecule has 0 atom stereocenters. The number of thiazole rings is 1. The molecule has 2 saturated carbocycles. The number of hydrogen-bond donors (Lipinski definition) is 2. The maximum absolute atomic E-state index is 11.8. The van der Waals surface area contributed by atoms with Gasteiger partial charge in [-0.1, -0.05) is 31.4 Å². The van der Waals surface area contributed by atoms with Gasteiger partial charge in [-0.25, -0.2) is 15.0 Å².